The number of likely N-dealkylation sites (tertiary alicyclic amines) is 1. The van der Waals surface area contributed by atoms with Crippen LogP contribution in [-0.2, 0) is 11.2 Å². The molecule has 1 aromatic rings. The summed E-state index contributed by atoms with van der Waals surface area (Å²) in [6.45, 7) is 7.30. The minimum Gasteiger partial charge on any atom is -0.368 e. The Balaban J connectivity index is 1.89. The lowest BCUT2D eigenvalue weighted by molar-refractivity contribution is -0.122. The Morgan fingerprint density at radius 2 is 2.08 bits per heavy atom. The van der Waals surface area contributed by atoms with Crippen molar-refractivity contribution in [3.8, 4) is 0 Å². The summed E-state index contributed by atoms with van der Waals surface area (Å²) in [5.74, 6) is 0.262. The molecule has 132 valence electrons. The van der Waals surface area contributed by atoms with E-state index >= 15 is 0 Å². The minimum atomic E-state index is -0.659. The summed E-state index contributed by atoms with van der Waals surface area (Å²) >= 11 is 0. The number of carbonyl (C=O) groups excluding carboxylic acids is 1. The Morgan fingerprint density at radius 3 is 2.58 bits per heavy atom. The van der Waals surface area contributed by atoms with Crippen LogP contribution in [0, 0.1) is 5.92 Å². The number of carbonyl (C=O) groups is 1. The predicted octanol–water partition coefficient (Wildman–Crippen LogP) is 1.44. The van der Waals surface area contributed by atoms with E-state index in [-0.39, 0.29) is 11.5 Å². The fourth-order valence-corrected chi connectivity index (χ4v) is 3.34. The van der Waals surface area contributed by atoms with E-state index < -0.39 is 11.9 Å². The number of nitrogens with zero attached hydrogens (tertiary/aromatic N) is 3. The lowest BCUT2D eigenvalue weighted by Gasteiger charge is -2.30. The van der Waals surface area contributed by atoms with E-state index in [0.29, 0.717) is 12.3 Å². The first kappa shape index (κ1) is 17.1. The van der Waals surface area contributed by atoms with Gasteiger partial charge in [-0.2, -0.15) is 5.10 Å². The van der Waals surface area contributed by atoms with E-state index in [2.05, 4.69) is 10.00 Å². The zero-order valence-corrected chi connectivity index (χ0v) is 14.7. The number of hydrogen-bond acceptors (Lipinski definition) is 4. The van der Waals surface area contributed by atoms with Crippen molar-refractivity contribution >= 4 is 5.91 Å². The van der Waals surface area contributed by atoms with Gasteiger partial charge in [-0.3, -0.25) is 9.59 Å². The van der Waals surface area contributed by atoms with Crippen LogP contribution in [0.15, 0.2) is 10.9 Å². The zero-order valence-electron chi connectivity index (χ0n) is 14.7. The van der Waals surface area contributed by atoms with Gasteiger partial charge in [0.05, 0.1) is 5.69 Å². The van der Waals surface area contributed by atoms with Gasteiger partial charge in [-0.05, 0) is 56.2 Å². The molecule has 2 aliphatic rings. The summed E-state index contributed by atoms with van der Waals surface area (Å²) in [6, 6.07) is 1.04. The number of rotatable bonds is 8. The van der Waals surface area contributed by atoms with Crippen molar-refractivity contribution in [2.45, 2.75) is 57.9 Å². The highest BCUT2D eigenvalue weighted by molar-refractivity contribution is 5.78. The molecule has 1 aromatic heterocycles. The van der Waals surface area contributed by atoms with Gasteiger partial charge in [-0.25, -0.2) is 4.68 Å². The van der Waals surface area contributed by atoms with Gasteiger partial charge in [0.2, 0.25) is 5.91 Å². The van der Waals surface area contributed by atoms with E-state index in [9.17, 15) is 9.59 Å². The molecule has 1 aliphatic heterocycles. The van der Waals surface area contributed by atoms with Crippen LogP contribution in [0.1, 0.15) is 62.7 Å². The molecule has 2 heterocycles. The van der Waals surface area contributed by atoms with Crippen LogP contribution in [0.3, 0.4) is 0 Å². The summed E-state index contributed by atoms with van der Waals surface area (Å²) in [4.78, 5) is 26.8. The van der Waals surface area contributed by atoms with Crippen molar-refractivity contribution in [2.75, 3.05) is 19.6 Å². The maximum absolute atomic E-state index is 12.5. The molecule has 6 heteroatoms. The summed E-state index contributed by atoms with van der Waals surface area (Å²) < 4.78 is 1.33. The fraction of sp³-hybridized carbons (Fsp3) is 0.722. The van der Waals surface area contributed by atoms with Crippen LogP contribution in [0.4, 0.5) is 0 Å². The third-order valence-corrected chi connectivity index (χ3v) is 5.02. The molecule has 6 nitrogen and oxygen atoms in total. The lowest BCUT2D eigenvalue weighted by atomic mass is 10.0. The van der Waals surface area contributed by atoms with E-state index in [1.165, 1.54) is 11.1 Å². The molecule has 2 fully saturated rings. The molecule has 24 heavy (non-hydrogen) atoms. The van der Waals surface area contributed by atoms with Gasteiger partial charge in [0.15, 0.2) is 0 Å². The maximum atomic E-state index is 12.5. The summed E-state index contributed by atoms with van der Waals surface area (Å²) in [7, 11) is 0. The molecule has 1 aliphatic carbocycles. The van der Waals surface area contributed by atoms with Crippen molar-refractivity contribution < 1.29 is 4.79 Å². The molecule has 1 amide bonds. The third-order valence-electron chi connectivity index (χ3n) is 5.02. The Kier molecular flexibility index (Phi) is 5.04. The number of primary amides is 1. The largest absolute Gasteiger partial charge is 0.368 e. The minimum absolute atomic E-state index is 0.200. The first-order valence-corrected chi connectivity index (χ1v) is 9.10. The molecule has 0 aromatic carbocycles. The average molecular weight is 332 g/mol. The number of hydrogen-bond donors (Lipinski definition) is 1. The smallest absolute Gasteiger partial charge is 0.267 e. The lowest BCUT2D eigenvalue weighted by Crippen LogP contribution is -2.40. The summed E-state index contributed by atoms with van der Waals surface area (Å²) in [6.07, 6.45) is 4.90. The van der Waals surface area contributed by atoms with E-state index in [4.69, 9.17) is 5.73 Å². The van der Waals surface area contributed by atoms with Gasteiger partial charge in [-0.1, -0.05) is 13.8 Å². The fourth-order valence-electron chi connectivity index (χ4n) is 3.34. The Hall–Kier alpha value is -1.69. The van der Waals surface area contributed by atoms with Gasteiger partial charge in [-0.15, -0.1) is 0 Å². The molecule has 0 spiro atoms. The van der Waals surface area contributed by atoms with E-state index in [1.807, 2.05) is 13.8 Å². The van der Waals surface area contributed by atoms with Crippen molar-refractivity contribution in [3.63, 3.8) is 0 Å². The average Bonchev–Trinajstić information content (AvgIpc) is 3.28. The van der Waals surface area contributed by atoms with Crippen LogP contribution >= 0.6 is 0 Å². The molecular weight excluding hydrogens is 304 g/mol. The SMILES string of the molecule is CC(C)C[C@@H](C(N)=O)n1nc(CCN2CCC2)c(C2CC2)cc1=O. The standard InChI is InChI=1S/C18H28N4O2/c1-12(2)10-16(18(19)24)22-17(23)11-14(13-4-5-13)15(20-22)6-9-21-7-3-8-21/h11-13,16H,3-10H2,1-2H3,(H2,19,24)/t16-/m0/s1. The topological polar surface area (TPSA) is 81.2 Å². The van der Waals surface area contributed by atoms with Gasteiger partial charge < -0.3 is 10.6 Å². The molecule has 1 atom stereocenters. The molecule has 1 saturated heterocycles. The highest BCUT2D eigenvalue weighted by atomic mass is 16.2. The molecule has 1 saturated carbocycles. The van der Waals surface area contributed by atoms with Gasteiger partial charge in [0.1, 0.15) is 6.04 Å². The predicted molar refractivity (Wildman–Crippen MR) is 92.9 cm³/mol. The first-order chi connectivity index (χ1) is 11.5. The highest BCUT2D eigenvalue weighted by Gasteiger charge is 2.30. The Labute approximate surface area is 143 Å². The second kappa shape index (κ2) is 7.05. The summed E-state index contributed by atoms with van der Waals surface area (Å²) in [5.41, 5.74) is 7.41. The van der Waals surface area contributed by atoms with Crippen molar-refractivity contribution in [2.24, 2.45) is 11.7 Å². The van der Waals surface area contributed by atoms with Crippen molar-refractivity contribution in [1.29, 1.82) is 0 Å². The first-order valence-electron chi connectivity index (χ1n) is 9.10. The molecule has 0 bridgehead atoms. The Morgan fingerprint density at radius 1 is 1.38 bits per heavy atom. The molecular formula is C18H28N4O2. The molecule has 0 unspecified atom stereocenters. The van der Waals surface area contributed by atoms with Gasteiger partial charge in [0, 0.05) is 19.0 Å². The van der Waals surface area contributed by atoms with Crippen LogP contribution < -0.4 is 11.3 Å². The molecule has 0 radical (unpaired) electrons. The monoisotopic (exact) mass is 332 g/mol. The zero-order chi connectivity index (χ0) is 17.3. The van der Waals surface area contributed by atoms with E-state index in [0.717, 1.165) is 50.2 Å². The summed E-state index contributed by atoms with van der Waals surface area (Å²) in [5, 5.41) is 4.62. The van der Waals surface area contributed by atoms with E-state index in [1.54, 1.807) is 6.07 Å². The Bertz CT molecular complexity index is 659. The molecule has 2 N–H and O–H groups in total. The van der Waals surface area contributed by atoms with Gasteiger partial charge >= 0.3 is 0 Å². The van der Waals surface area contributed by atoms with Crippen LogP contribution in [0.5, 0.6) is 0 Å². The highest BCUT2D eigenvalue weighted by Crippen LogP contribution is 2.41. The maximum Gasteiger partial charge on any atom is 0.267 e. The van der Waals surface area contributed by atoms with Crippen molar-refractivity contribution in [3.05, 3.63) is 27.7 Å². The number of nitrogens with two attached hydrogens (primary N) is 1. The van der Waals surface area contributed by atoms with Crippen molar-refractivity contribution in [1.82, 2.24) is 14.7 Å². The number of amides is 1. The van der Waals surface area contributed by atoms with Gasteiger partial charge in [0.25, 0.3) is 5.56 Å². The third kappa shape index (κ3) is 3.86. The van der Waals surface area contributed by atoms with Crippen LogP contribution in [-0.4, -0.2) is 40.2 Å². The number of aromatic nitrogens is 2. The van der Waals surface area contributed by atoms with Crippen LogP contribution in [0.25, 0.3) is 0 Å². The van der Waals surface area contributed by atoms with Crippen LogP contribution in [0.2, 0.25) is 0 Å². The normalized spacial score (nSPS) is 19.3. The quantitative estimate of drug-likeness (QED) is 0.781. The molecule has 3 rings (SSSR count). The second-order valence-corrected chi connectivity index (χ2v) is 7.60. The second-order valence-electron chi connectivity index (χ2n) is 7.60.